The van der Waals surface area contributed by atoms with Crippen LogP contribution in [0.1, 0.15) is 446 Å². The van der Waals surface area contributed by atoms with Crippen LogP contribution in [0.4, 0.5) is 0 Å². The number of hydrogen-bond donors (Lipinski definition) is 3. The first kappa shape index (κ1) is 101. The maximum absolute atomic E-state index is 13.1. The van der Waals surface area contributed by atoms with Gasteiger partial charge in [-0.3, -0.25) is 37.3 Å². The second kappa shape index (κ2) is 75.5. The average molecular weight is 1510 g/mol. The molecule has 0 radical (unpaired) electrons. The van der Waals surface area contributed by atoms with Crippen LogP contribution in [0, 0.1) is 11.8 Å². The van der Waals surface area contributed by atoms with E-state index in [1.165, 1.54) is 257 Å². The molecule has 0 bridgehead atoms. The van der Waals surface area contributed by atoms with Crippen LogP contribution in [0.15, 0.2) is 0 Å². The highest BCUT2D eigenvalue weighted by atomic mass is 31.2. The predicted molar refractivity (Wildman–Crippen MR) is 423 cm³/mol. The van der Waals surface area contributed by atoms with Gasteiger partial charge in [0.05, 0.1) is 26.4 Å². The molecule has 5 atom stereocenters. The summed E-state index contributed by atoms with van der Waals surface area (Å²) in [6.45, 7) is 9.63. The Balaban J connectivity index is 5.23. The van der Waals surface area contributed by atoms with E-state index in [1.54, 1.807) is 0 Å². The number of phosphoric ester groups is 2. The highest BCUT2D eigenvalue weighted by Crippen LogP contribution is 2.45. The van der Waals surface area contributed by atoms with Gasteiger partial charge in [-0.15, -0.1) is 0 Å². The Bertz CT molecular complexity index is 1980. The number of unbranched alkanes of at least 4 members (excludes halogenated alkanes) is 53. The van der Waals surface area contributed by atoms with Crippen molar-refractivity contribution >= 4 is 39.5 Å². The van der Waals surface area contributed by atoms with Crippen molar-refractivity contribution in [2.45, 2.75) is 464 Å². The summed E-state index contributed by atoms with van der Waals surface area (Å²) < 4.78 is 68.8. The molecule has 0 rings (SSSR count). The van der Waals surface area contributed by atoms with Crippen LogP contribution in [0.5, 0.6) is 0 Å². The fourth-order valence-corrected chi connectivity index (χ4v) is 14.6. The summed E-state index contributed by atoms with van der Waals surface area (Å²) in [6.07, 6.45) is 66.7. The van der Waals surface area contributed by atoms with Crippen molar-refractivity contribution in [1.82, 2.24) is 0 Å². The first-order valence-corrected chi connectivity index (χ1v) is 46.5. The standard InChI is InChI=1S/C84H164O17P2/c1-7-9-11-13-15-17-19-21-23-25-26-28-30-36-40-44-50-57-63-68-83(88)100-79(72-94-81(86)66-60-54-48-42-38-34-32-31-33-37-41-46-52-58-64-76(3)4)74-98-102(90,91)96-70-78(85)71-97-103(92,93)99-75-80(73-95-82(87)67-61-55-51-45-47-53-59-65-77(5)6)101-84(89)69-62-56-49-43-39-35-29-27-24-22-20-18-16-14-12-10-8-2/h76-80,85H,7-75H2,1-6H3,(H,90,91)(H,92,93)/t78-,79-,80-/m1/s1. The third-order valence-corrected chi connectivity index (χ3v) is 21.6. The number of aliphatic hydroxyl groups is 1. The van der Waals surface area contributed by atoms with E-state index in [0.717, 1.165) is 102 Å². The lowest BCUT2D eigenvalue weighted by Gasteiger charge is -2.21. The van der Waals surface area contributed by atoms with Crippen LogP contribution in [-0.4, -0.2) is 96.7 Å². The van der Waals surface area contributed by atoms with E-state index in [4.69, 9.17) is 37.0 Å². The predicted octanol–water partition coefficient (Wildman–Crippen LogP) is 25.5. The summed E-state index contributed by atoms with van der Waals surface area (Å²) in [4.78, 5) is 73.1. The molecule has 17 nitrogen and oxygen atoms in total. The van der Waals surface area contributed by atoms with E-state index >= 15 is 0 Å². The fourth-order valence-electron chi connectivity index (χ4n) is 13.1. The maximum Gasteiger partial charge on any atom is 0.472 e. The molecule has 0 amide bonds. The van der Waals surface area contributed by atoms with Crippen LogP contribution in [-0.2, 0) is 65.4 Å². The molecule has 0 heterocycles. The van der Waals surface area contributed by atoms with Crippen LogP contribution in [0.25, 0.3) is 0 Å². The summed E-state index contributed by atoms with van der Waals surface area (Å²) in [6, 6.07) is 0. The highest BCUT2D eigenvalue weighted by Gasteiger charge is 2.30. The number of aliphatic hydroxyl groups excluding tert-OH is 1. The summed E-state index contributed by atoms with van der Waals surface area (Å²) >= 11 is 0. The van der Waals surface area contributed by atoms with Gasteiger partial charge < -0.3 is 33.8 Å². The smallest absolute Gasteiger partial charge is 0.462 e. The van der Waals surface area contributed by atoms with Gasteiger partial charge in [0.15, 0.2) is 12.2 Å². The van der Waals surface area contributed by atoms with Crippen molar-refractivity contribution in [3.05, 3.63) is 0 Å². The molecule has 3 N–H and O–H groups in total. The summed E-state index contributed by atoms with van der Waals surface area (Å²) in [5.41, 5.74) is 0. The van der Waals surface area contributed by atoms with Gasteiger partial charge in [0.25, 0.3) is 0 Å². The van der Waals surface area contributed by atoms with Crippen molar-refractivity contribution in [2.75, 3.05) is 39.6 Å². The number of ether oxygens (including phenoxy) is 4. The summed E-state index contributed by atoms with van der Waals surface area (Å²) in [7, 11) is -9.92. The minimum Gasteiger partial charge on any atom is -0.462 e. The van der Waals surface area contributed by atoms with Gasteiger partial charge >= 0.3 is 39.5 Å². The fraction of sp³-hybridized carbons (Fsp3) is 0.952. The normalized spacial score (nSPS) is 13.9. The zero-order valence-electron chi connectivity index (χ0n) is 67.6. The minimum atomic E-state index is -4.96. The van der Waals surface area contributed by atoms with E-state index < -0.39 is 97.5 Å². The molecule has 0 spiro atoms. The molecule has 0 aliphatic carbocycles. The van der Waals surface area contributed by atoms with Crippen molar-refractivity contribution in [3.8, 4) is 0 Å². The van der Waals surface area contributed by atoms with E-state index in [2.05, 4.69) is 41.5 Å². The molecule has 612 valence electrons. The Kier molecular flexibility index (Phi) is 74.1. The molecular weight excluding hydrogens is 1340 g/mol. The molecule has 0 saturated heterocycles. The zero-order valence-corrected chi connectivity index (χ0v) is 69.4. The molecular formula is C84H164O17P2. The third kappa shape index (κ3) is 78.0. The average Bonchev–Trinajstić information content (AvgIpc) is 0.986. The van der Waals surface area contributed by atoms with Gasteiger partial charge in [0.2, 0.25) is 0 Å². The van der Waals surface area contributed by atoms with E-state index in [0.29, 0.717) is 31.6 Å². The molecule has 2 unspecified atom stereocenters. The molecule has 19 heteroatoms. The van der Waals surface area contributed by atoms with Crippen LogP contribution in [0.2, 0.25) is 0 Å². The Morgan fingerprint density at radius 3 is 0.660 bits per heavy atom. The Labute approximate surface area is 632 Å². The van der Waals surface area contributed by atoms with Gasteiger partial charge in [0, 0.05) is 25.7 Å². The van der Waals surface area contributed by atoms with Crippen molar-refractivity contribution in [1.29, 1.82) is 0 Å². The van der Waals surface area contributed by atoms with Gasteiger partial charge in [-0.1, -0.05) is 395 Å². The van der Waals surface area contributed by atoms with Crippen molar-refractivity contribution < 1.29 is 80.2 Å². The van der Waals surface area contributed by atoms with Crippen LogP contribution < -0.4 is 0 Å². The Morgan fingerprint density at radius 2 is 0.447 bits per heavy atom. The molecule has 0 aliphatic heterocycles. The number of phosphoric acid groups is 2. The van der Waals surface area contributed by atoms with E-state index in [-0.39, 0.29) is 25.7 Å². The Morgan fingerprint density at radius 1 is 0.262 bits per heavy atom. The van der Waals surface area contributed by atoms with Gasteiger partial charge in [-0.05, 0) is 37.5 Å². The number of hydrogen-bond acceptors (Lipinski definition) is 15. The zero-order chi connectivity index (χ0) is 75.6. The number of rotatable bonds is 83. The maximum atomic E-state index is 13.1. The van der Waals surface area contributed by atoms with Gasteiger partial charge in [-0.2, -0.15) is 0 Å². The number of esters is 4. The highest BCUT2D eigenvalue weighted by molar-refractivity contribution is 7.47. The lowest BCUT2D eigenvalue weighted by molar-refractivity contribution is -0.161. The van der Waals surface area contributed by atoms with Crippen LogP contribution >= 0.6 is 15.6 Å². The quantitative estimate of drug-likeness (QED) is 0.0222. The second-order valence-electron chi connectivity index (χ2n) is 31.2. The number of carbonyl (C=O) groups excluding carboxylic acids is 4. The minimum absolute atomic E-state index is 0.108. The first-order chi connectivity index (χ1) is 49.9. The largest absolute Gasteiger partial charge is 0.472 e. The van der Waals surface area contributed by atoms with Crippen molar-refractivity contribution in [3.63, 3.8) is 0 Å². The van der Waals surface area contributed by atoms with E-state index in [9.17, 15) is 43.2 Å². The first-order valence-electron chi connectivity index (χ1n) is 43.5. The van der Waals surface area contributed by atoms with Gasteiger partial charge in [-0.25, -0.2) is 9.13 Å². The molecule has 0 aromatic heterocycles. The lowest BCUT2D eigenvalue weighted by Crippen LogP contribution is -2.30. The Hall–Kier alpha value is -1.94. The molecule has 0 aliphatic rings. The summed E-state index contributed by atoms with van der Waals surface area (Å²) in [5, 5.41) is 10.7. The second-order valence-corrected chi connectivity index (χ2v) is 34.1. The summed E-state index contributed by atoms with van der Waals surface area (Å²) in [5.74, 6) is -0.600. The molecule has 103 heavy (non-hydrogen) atoms. The van der Waals surface area contributed by atoms with Crippen LogP contribution in [0.3, 0.4) is 0 Å². The molecule has 0 aromatic carbocycles. The lowest BCUT2D eigenvalue weighted by atomic mass is 10.0. The monoisotopic (exact) mass is 1510 g/mol. The topological polar surface area (TPSA) is 237 Å². The molecule has 0 aromatic rings. The van der Waals surface area contributed by atoms with Gasteiger partial charge in [0.1, 0.15) is 19.3 Å². The molecule has 0 saturated carbocycles. The third-order valence-electron chi connectivity index (χ3n) is 19.7. The molecule has 0 fully saturated rings. The number of carbonyl (C=O) groups is 4. The SMILES string of the molecule is CCCCCCCCCCCCCCCCCCCCCC(=O)O[C@H](COC(=O)CCCCCCCCCCCCCCCCC(C)C)COP(=O)(O)OC[C@@H](O)COP(=O)(O)OC[C@@H](COC(=O)CCCCCCCCCC(C)C)OC(=O)CCCCCCCCCCCCCCCCCCC. The van der Waals surface area contributed by atoms with E-state index in [1.807, 2.05) is 0 Å². The van der Waals surface area contributed by atoms with Crippen molar-refractivity contribution in [2.24, 2.45) is 11.8 Å².